The molecule has 1 saturated heterocycles. The second-order valence-electron chi connectivity index (χ2n) is 6.02. The van der Waals surface area contributed by atoms with E-state index in [9.17, 15) is 4.79 Å². The Balaban J connectivity index is 1.59. The number of nitrogens with zero attached hydrogens (tertiary/aromatic N) is 3. The maximum atomic E-state index is 13.0. The van der Waals surface area contributed by atoms with Crippen LogP contribution in [0.25, 0.3) is 11.1 Å². The molecule has 1 N–H and O–H groups in total. The molecule has 1 aromatic carbocycles. The van der Waals surface area contributed by atoms with Gasteiger partial charge >= 0.3 is 0 Å². The van der Waals surface area contributed by atoms with Crippen molar-refractivity contribution in [2.45, 2.75) is 12.0 Å². The fourth-order valence-corrected chi connectivity index (χ4v) is 3.32. The van der Waals surface area contributed by atoms with Crippen LogP contribution in [-0.4, -0.2) is 52.5 Å². The Morgan fingerprint density at radius 3 is 2.84 bits per heavy atom. The Morgan fingerprint density at radius 1 is 1.28 bits per heavy atom. The molecule has 2 atom stereocenters. The minimum absolute atomic E-state index is 0.0113. The van der Waals surface area contributed by atoms with Gasteiger partial charge in [0.15, 0.2) is 5.76 Å². The Kier molecular flexibility index (Phi) is 4.07. The molecule has 0 bridgehead atoms. The first-order valence-corrected chi connectivity index (χ1v) is 8.08. The molecule has 3 aromatic rings. The third-order valence-corrected chi connectivity index (χ3v) is 4.61. The Morgan fingerprint density at radius 2 is 2.12 bits per heavy atom. The number of methoxy groups -OCH3 is 1. The number of furan rings is 1. The smallest absolute Gasteiger partial charge is 0.290 e. The molecule has 3 heterocycles. The first-order valence-electron chi connectivity index (χ1n) is 8.08. The van der Waals surface area contributed by atoms with Crippen molar-refractivity contribution in [3.63, 3.8) is 0 Å². The van der Waals surface area contributed by atoms with E-state index in [4.69, 9.17) is 9.15 Å². The molecular formula is C18H18N4O3. The summed E-state index contributed by atoms with van der Waals surface area (Å²) >= 11 is 0. The van der Waals surface area contributed by atoms with E-state index in [-0.39, 0.29) is 17.9 Å². The average Bonchev–Trinajstić information content (AvgIpc) is 3.41. The van der Waals surface area contributed by atoms with Gasteiger partial charge in [0.05, 0.1) is 30.2 Å². The van der Waals surface area contributed by atoms with Gasteiger partial charge in [-0.3, -0.25) is 4.79 Å². The minimum atomic E-state index is -0.142. The van der Waals surface area contributed by atoms with Crippen LogP contribution in [-0.2, 0) is 4.74 Å². The Labute approximate surface area is 144 Å². The summed E-state index contributed by atoms with van der Waals surface area (Å²) in [5.74, 6) is 0.196. The molecule has 1 aliphatic heterocycles. The number of H-pyrrole nitrogens is 1. The van der Waals surface area contributed by atoms with Gasteiger partial charge in [0.2, 0.25) is 0 Å². The number of aromatic nitrogens is 3. The van der Waals surface area contributed by atoms with Crippen LogP contribution >= 0.6 is 0 Å². The van der Waals surface area contributed by atoms with Crippen LogP contribution in [0.15, 0.2) is 53.3 Å². The summed E-state index contributed by atoms with van der Waals surface area (Å²) in [6, 6.07) is 11.6. The maximum absolute atomic E-state index is 13.0. The summed E-state index contributed by atoms with van der Waals surface area (Å²) in [5, 5.41) is 10.6. The van der Waals surface area contributed by atoms with E-state index in [2.05, 4.69) is 15.4 Å². The molecule has 128 valence electrons. The first-order chi connectivity index (χ1) is 12.3. The highest BCUT2D eigenvalue weighted by Crippen LogP contribution is 2.31. The van der Waals surface area contributed by atoms with Gasteiger partial charge in [0, 0.05) is 25.8 Å². The number of rotatable bonds is 4. The number of ether oxygens (including phenoxy) is 1. The molecule has 1 fully saturated rings. The van der Waals surface area contributed by atoms with Crippen LogP contribution < -0.4 is 0 Å². The van der Waals surface area contributed by atoms with E-state index in [0.29, 0.717) is 18.8 Å². The van der Waals surface area contributed by atoms with Crippen molar-refractivity contribution in [2.75, 3.05) is 20.2 Å². The van der Waals surface area contributed by atoms with Crippen molar-refractivity contribution in [1.29, 1.82) is 0 Å². The number of aromatic amines is 1. The lowest BCUT2D eigenvalue weighted by Gasteiger charge is -2.15. The number of carbonyl (C=O) groups is 1. The largest absolute Gasteiger partial charge is 0.459 e. The molecule has 0 saturated carbocycles. The third kappa shape index (κ3) is 2.83. The quantitative estimate of drug-likeness (QED) is 0.789. The molecule has 7 heteroatoms. The summed E-state index contributed by atoms with van der Waals surface area (Å²) in [7, 11) is 1.65. The van der Waals surface area contributed by atoms with Crippen molar-refractivity contribution in [3.05, 3.63) is 60.3 Å². The number of nitrogens with one attached hydrogen (secondary N) is 1. The molecular weight excluding hydrogens is 320 g/mol. The molecule has 7 nitrogen and oxygen atoms in total. The van der Waals surface area contributed by atoms with Gasteiger partial charge in [-0.15, -0.1) is 0 Å². The number of likely N-dealkylation sites (tertiary alicyclic amines) is 1. The fraction of sp³-hybridized carbons (Fsp3) is 0.278. The normalized spacial score (nSPS) is 20.1. The SMILES string of the molecule is CO[C@@H]1CN(C(=O)c2occc2-c2ccccc2)C[C@H]1c1cn[nH]n1. The molecule has 0 aliphatic carbocycles. The van der Waals surface area contributed by atoms with Crippen LogP contribution in [0.5, 0.6) is 0 Å². The lowest BCUT2D eigenvalue weighted by atomic mass is 10.0. The van der Waals surface area contributed by atoms with Crippen LogP contribution in [0.4, 0.5) is 0 Å². The summed E-state index contributed by atoms with van der Waals surface area (Å²) in [6.07, 6.45) is 3.10. The van der Waals surface area contributed by atoms with Crippen molar-refractivity contribution in [2.24, 2.45) is 0 Å². The van der Waals surface area contributed by atoms with E-state index in [0.717, 1.165) is 16.8 Å². The van der Waals surface area contributed by atoms with E-state index in [1.807, 2.05) is 36.4 Å². The molecule has 1 amide bonds. The topological polar surface area (TPSA) is 84.2 Å². The summed E-state index contributed by atoms with van der Waals surface area (Å²) in [6.45, 7) is 1.00. The van der Waals surface area contributed by atoms with Gasteiger partial charge in [-0.1, -0.05) is 30.3 Å². The zero-order chi connectivity index (χ0) is 17.2. The second kappa shape index (κ2) is 6.52. The standard InChI is InChI=1S/C18H18N4O3/c1-24-16-11-22(10-14(16)15-9-19-21-20-15)18(23)17-13(7-8-25-17)12-5-3-2-4-6-12/h2-9,14,16H,10-11H2,1H3,(H,19,20,21)/t14-,16+/m0/s1. The van der Waals surface area contributed by atoms with Gasteiger partial charge in [-0.2, -0.15) is 15.4 Å². The third-order valence-electron chi connectivity index (χ3n) is 4.61. The van der Waals surface area contributed by atoms with Gasteiger partial charge in [-0.05, 0) is 11.6 Å². The van der Waals surface area contributed by atoms with Gasteiger partial charge in [0.1, 0.15) is 0 Å². The van der Waals surface area contributed by atoms with Crippen molar-refractivity contribution in [3.8, 4) is 11.1 Å². The average molecular weight is 338 g/mol. The zero-order valence-corrected chi connectivity index (χ0v) is 13.8. The van der Waals surface area contributed by atoms with E-state index >= 15 is 0 Å². The molecule has 0 radical (unpaired) electrons. The maximum Gasteiger partial charge on any atom is 0.290 e. The predicted octanol–water partition coefficient (Wildman–Crippen LogP) is 2.32. The van der Waals surface area contributed by atoms with Crippen LogP contribution in [0.3, 0.4) is 0 Å². The number of hydrogen-bond acceptors (Lipinski definition) is 5. The predicted molar refractivity (Wildman–Crippen MR) is 90.0 cm³/mol. The van der Waals surface area contributed by atoms with Crippen molar-refractivity contribution >= 4 is 5.91 Å². The molecule has 2 aromatic heterocycles. The summed E-state index contributed by atoms with van der Waals surface area (Å²) in [5.41, 5.74) is 2.55. The Hall–Kier alpha value is -2.93. The van der Waals surface area contributed by atoms with Gasteiger partial charge < -0.3 is 14.1 Å². The highest BCUT2D eigenvalue weighted by molar-refractivity contribution is 5.98. The van der Waals surface area contributed by atoms with E-state index in [1.165, 1.54) is 0 Å². The van der Waals surface area contributed by atoms with Crippen LogP contribution in [0.2, 0.25) is 0 Å². The second-order valence-corrected chi connectivity index (χ2v) is 6.02. The molecule has 25 heavy (non-hydrogen) atoms. The monoisotopic (exact) mass is 338 g/mol. The van der Waals surface area contributed by atoms with Crippen molar-refractivity contribution < 1.29 is 13.9 Å². The molecule has 0 unspecified atom stereocenters. The zero-order valence-electron chi connectivity index (χ0n) is 13.8. The van der Waals surface area contributed by atoms with Crippen LogP contribution in [0.1, 0.15) is 22.2 Å². The van der Waals surface area contributed by atoms with Gasteiger partial charge in [-0.25, -0.2) is 0 Å². The fourth-order valence-electron chi connectivity index (χ4n) is 3.32. The lowest BCUT2D eigenvalue weighted by molar-refractivity contribution is 0.0688. The van der Waals surface area contributed by atoms with Crippen molar-refractivity contribution in [1.82, 2.24) is 20.3 Å². The molecule has 4 rings (SSSR count). The highest BCUT2D eigenvalue weighted by atomic mass is 16.5. The minimum Gasteiger partial charge on any atom is -0.459 e. The Bertz CT molecular complexity index is 844. The molecule has 0 spiro atoms. The number of benzene rings is 1. The molecule has 1 aliphatic rings. The van der Waals surface area contributed by atoms with E-state index in [1.54, 1.807) is 24.5 Å². The summed E-state index contributed by atoms with van der Waals surface area (Å²) < 4.78 is 11.1. The number of carbonyl (C=O) groups excluding carboxylic acids is 1. The number of hydrogen-bond donors (Lipinski definition) is 1. The lowest BCUT2D eigenvalue weighted by Crippen LogP contribution is -2.30. The summed E-state index contributed by atoms with van der Waals surface area (Å²) in [4.78, 5) is 14.8. The first kappa shape index (κ1) is 15.6. The van der Waals surface area contributed by atoms with Crippen LogP contribution in [0, 0.1) is 0 Å². The van der Waals surface area contributed by atoms with E-state index < -0.39 is 0 Å². The van der Waals surface area contributed by atoms with Gasteiger partial charge in [0.25, 0.3) is 5.91 Å². The number of amides is 1. The highest BCUT2D eigenvalue weighted by Gasteiger charge is 2.39.